The summed E-state index contributed by atoms with van der Waals surface area (Å²) in [5.74, 6) is -2.06. The lowest BCUT2D eigenvalue weighted by molar-refractivity contribution is -0.134. The second-order valence-corrected chi connectivity index (χ2v) is 6.89. The number of benzene rings is 2. The maximum absolute atomic E-state index is 9.95. The molecule has 148 valence electrons. The summed E-state index contributed by atoms with van der Waals surface area (Å²) in [7, 11) is 2.14. The van der Waals surface area contributed by atoms with Crippen molar-refractivity contribution < 1.29 is 24.9 Å². The van der Waals surface area contributed by atoms with E-state index in [1.165, 1.54) is 16.7 Å². The van der Waals surface area contributed by atoms with Gasteiger partial charge in [-0.1, -0.05) is 41.9 Å². The smallest absolute Gasteiger partial charge is 0.328 e. The van der Waals surface area contributed by atoms with Crippen molar-refractivity contribution in [3.63, 3.8) is 0 Å². The van der Waals surface area contributed by atoms with Crippen molar-refractivity contribution in [3.8, 4) is 5.75 Å². The maximum atomic E-state index is 9.95. The minimum atomic E-state index is -1.26. The van der Waals surface area contributed by atoms with Gasteiger partial charge < -0.3 is 20.2 Å². The fraction of sp³-hybridized carbons (Fsp3) is 0.238. The predicted octanol–water partition coefficient (Wildman–Crippen LogP) is 3.38. The highest BCUT2D eigenvalue weighted by Crippen LogP contribution is 2.36. The molecule has 7 heteroatoms. The van der Waals surface area contributed by atoms with Crippen molar-refractivity contribution in [3.05, 3.63) is 76.3 Å². The van der Waals surface area contributed by atoms with Gasteiger partial charge in [-0.15, -0.1) is 0 Å². The molecule has 0 amide bonds. The van der Waals surface area contributed by atoms with Crippen LogP contribution < -0.4 is 0 Å². The van der Waals surface area contributed by atoms with Gasteiger partial charge in [-0.2, -0.15) is 0 Å². The molecule has 3 rings (SSSR count). The van der Waals surface area contributed by atoms with Gasteiger partial charge in [-0.3, -0.25) is 0 Å². The molecule has 6 nitrogen and oxygen atoms in total. The molecule has 0 fully saturated rings. The molecule has 28 heavy (non-hydrogen) atoms. The first kappa shape index (κ1) is 21.5. The molecule has 0 bridgehead atoms. The van der Waals surface area contributed by atoms with E-state index in [4.69, 9.17) is 21.8 Å². The van der Waals surface area contributed by atoms with Gasteiger partial charge >= 0.3 is 11.9 Å². The van der Waals surface area contributed by atoms with E-state index >= 15 is 0 Å². The number of carbonyl (C=O) groups is 2. The lowest BCUT2D eigenvalue weighted by atomic mass is 9.88. The number of carboxylic acids is 2. The summed E-state index contributed by atoms with van der Waals surface area (Å²) in [4.78, 5) is 21.4. The van der Waals surface area contributed by atoms with Crippen LogP contribution in [-0.4, -0.2) is 52.3 Å². The van der Waals surface area contributed by atoms with Crippen molar-refractivity contribution in [2.45, 2.75) is 12.3 Å². The highest BCUT2D eigenvalue weighted by molar-refractivity contribution is 6.32. The summed E-state index contributed by atoms with van der Waals surface area (Å²) in [6.07, 6.45) is 2.08. The van der Waals surface area contributed by atoms with Crippen LogP contribution in [-0.2, 0) is 16.0 Å². The van der Waals surface area contributed by atoms with Crippen molar-refractivity contribution in [1.82, 2.24) is 4.90 Å². The standard InChI is InChI=1S/C17H18ClNO.C4H4O4/c1-19-8-7-13-9-16(18)17(20)10-14(13)15(11-19)12-5-3-2-4-6-12;5-3(6)1-2-4(7)8/h2-6,9-10,15,20H,7-8,11H2,1H3;1-2H,(H,5,6)(H,7,8)/b;2-1+/t15-;/m1./s1. The first-order valence-electron chi connectivity index (χ1n) is 8.66. The summed E-state index contributed by atoms with van der Waals surface area (Å²) in [6.45, 7) is 1.97. The Bertz CT molecular complexity index is 851. The third kappa shape index (κ3) is 6.11. The van der Waals surface area contributed by atoms with Crippen LogP contribution in [0.2, 0.25) is 5.02 Å². The van der Waals surface area contributed by atoms with Crippen LogP contribution in [0.1, 0.15) is 22.6 Å². The van der Waals surface area contributed by atoms with Gasteiger partial charge in [0.25, 0.3) is 0 Å². The van der Waals surface area contributed by atoms with Gasteiger partial charge in [0.15, 0.2) is 0 Å². The van der Waals surface area contributed by atoms with Crippen LogP contribution in [0.5, 0.6) is 5.75 Å². The predicted molar refractivity (Wildman–Crippen MR) is 107 cm³/mol. The second kappa shape index (κ2) is 9.92. The normalized spacial score (nSPS) is 16.6. The number of carboxylic acid groups (broad SMARTS) is 2. The molecule has 1 atom stereocenters. The monoisotopic (exact) mass is 403 g/mol. The van der Waals surface area contributed by atoms with E-state index in [9.17, 15) is 14.7 Å². The maximum Gasteiger partial charge on any atom is 0.328 e. The Balaban J connectivity index is 0.000000300. The van der Waals surface area contributed by atoms with E-state index in [1.54, 1.807) is 0 Å². The molecule has 0 aliphatic carbocycles. The Morgan fingerprint density at radius 2 is 1.71 bits per heavy atom. The molecule has 1 aliphatic rings. The summed E-state index contributed by atoms with van der Waals surface area (Å²) < 4.78 is 0. The van der Waals surface area contributed by atoms with Crippen molar-refractivity contribution >= 4 is 23.5 Å². The van der Waals surface area contributed by atoms with E-state index in [-0.39, 0.29) is 11.7 Å². The molecular weight excluding hydrogens is 382 g/mol. The van der Waals surface area contributed by atoms with Gasteiger partial charge in [0.2, 0.25) is 0 Å². The number of halogens is 1. The fourth-order valence-electron chi connectivity index (χ4n) is 3.09. The Kier molecular flexibility index (Phi) is 7.61. The molecule has 2 aromatic rings. The number of likely N-dealkylation sites (N-methyl/N-ethyl adjacent to an activating group) is 1. The molecule has 0 saturated heterocycles. The molecule has 0 aromatic heterocycles. The van der Waals surface area contributed by atoms with Gasteiger partial charge in [0, 0.05) is 31.2 Å². The third-order valence-electron chi connectivity index (χ3n) is 4.41. The van der Waals surface area contributed by atoms with E-state index in [2.05, 4.69) is 36.2 Å². The molecule has 3 N–H and O–H groups in total. The van der Waals surface area contributed by atoms with Crippen LogP contribution in [0.25, 0.3) is 0 Å². The summed E-state index contributed by atoms with van der Waals surface area (Å²) in [6, 6.07) is 14.2. The topological polar surface area (TPSA) is 98.1 Å². The van der Waals surface area contributed by atoms with Crippen LogP contribution in [0.15, 0.2) is 54.6 Å². The molecular formula is C21H22ClNO5. The average molecular weight is 404 g/mol. The lowest BCUT2D eigenvalue weighted by Crippen LogP contribution is -2.24. The van der Waals surface area contributed by atoms with E-state index in [1.807, 2.05) is 18.2 Å². The highest BCUT2D eigenvalue weighted by atomic mass is 35.5. The second-order valence-electron chi connectivity index (χ2n) is 6.49. The van der Waals surface area contributed by atoms with Crippen LogP contribution in [0, 0.1) is 0 Å². The zero-order valence-electron chi connectivity index (χ0n) is 15.4. The van der Waals surface area contributed by atoms with E-state index in [0.717, 1.165) is 19.5 Å². The molecule has 0 unspecified atom stereocenters. The number of aliphatic carboxylic acids is 2. The Morgan fingerprint density at radius 3 is 2.29 bits per heavy atom. The number of phenolic OH excluding ortho intramolecular Hbond substituents is 1. The Labute approximate surface area is 168 Å². The zero-order valence-corrected chi connectivity index (χ0v) is 16.1. The summed E-state index contributed by atoms with van der Waals surface area (Å²) in [5.41, 5.74) is 3.72. The molecule has 1 aliphatic heterocycles. The van der Waals surface area contributed by atoms with Crippen molar-refractivity contribution in [2.75, 3.05) is 20.1 Å². The quantitative estimate of drug-likeness (QED) is 0.679. The van der Waals surface area contributed by atoms with Gasteiger partial charge in [-0.05, 0) is 42.3 Å². The van der Waals surface area contributed by atoms with Crippen LogP contribution >= 0.6 is 11.6 Å². The minimum Gasteiger partial charge on any atom is -0.506 e. The first-order valence-corrected chi connectivity index (χ1v) is 9.04. The largest absolute Gasteiger partial charge is 0.506 e. The average Bonchev–Trinajstić information content (AvgIpc) is 2.81. The fourth-order valence-corrected chi connectivity index (χ4v) is 3.27. The van der Waals surface area contributed by atoms with Crippen LogP contribution in [0.3, 0.4) is 0 Å². The highest BCUT2D eigenvalue weighted by Gasteiger charge is 2.24. The molecule has 1 heterocycles. The molecule has 0 saturated carbocycles. The van der Waals surface area contributed by atoms with Gasteiger partial charge in [0.05, 0.1) is 5.02 Å². The molecule has 2 aromatic carbocycles. The molecule has 0 spiro atoms. The summed E-state index contributed by atoms with van der Waals surface area (Å²) in [5, 5.41) is 26.0. The number of hydrogen-bond acceptors (Lipinski definition) is 4. The summed E-state index contributed by atoms with van der Waals surface area (Å²) >= 11 is 6.07. The number of hydrogen-bond donors (Lipinski definition) is 3. The number of nitrogens with zero attached hydrogens (tertiary/aromatic N) is 1. The third-order valence-corrected chi connectivity index (χ3v) is 4.71. The molecule has 0 radical (unpaired) electrons. The Morgan fingerprint density at radius 1 is 1.11 bits per heavy atom. The van der Waals surface area contributed by atoms with E-state index in [0.29, 0.717) is 17.2 Å². The minimum absolute atomic E-state index is 0.177. The number of rotatable bonds is 3. The number of fused-ring (bicyclic) bond motifs is 1. The first-order chi connectivity index (χ1) is 13.3. The lowest BCUT2D eigenvalue weighted by Gasteiger charge is -2.22. The van der Waals surface area contributed by atoms with E-state index < -0.39 is 11.9 Å². The van der Waals surface area contributed by atoms with Crippen molar-refractivity contribution in [2.24, 2.45) is 0 Å². The Hall–Kier alpha value is -2.83. The van der Waals surface area contributed by atoms with Crippen LogP contribution in [0.4, 0.5) is 0 Å². The number of phenols is 1. The van der Waals surface area contributed by atoms with Gasteiger partial charge in [-0.25, -0.2) is 9.59 Å². The van der Waals surface area contributed by atoms with Gasteiger partial charge in [0.1, 0.15) is 5.75 Å². The SMILES string of the molecule is CN1CCc2cc(Cl)c(O)cc2[C@@H](c2ccccc2)C1.O=C(O)/C=C/C(=O)O. The zero-order chi connectivity index (χ0) is 20.7. The number of aromatic hydroxyl groups is 1. The van der Waals surface area contributed by atoms with Crippen molar-refractivity contribution in [1.29, 1.82) is 0 Å².